The quantitative estimate of drug-likeness (QED) is 0.317. The van der Waals surface area contributed by atoms with Crippen LogP contribution < -0.4 is 5.32 Å². The average Bonchev–Trinajstić information content (AvgIpc) is 3.20. The number of non-ortho nitro benzene ring substituents is 1. The largest absolute Gasteiger partial charge is 0.372 e. The number of ether oxygens (including phenoxy) is 1. The molecule has 3 rings (SSSR count). The van der Waals surface area contributed by atoms with E-state index in [0.717, 1.165) is 47.4 Å². The van der Waals surface area contributed by atoms with Gasteiger partial charge in [0.05, 0.1) is 11.0 Å². The molecule has 3 atom stereocenters. The summed E-state index contributed by atoms with van der Waals surface area (Å²) in [5.41, 5.74) is 2.49. The van der Waals surface area contributed by atoms with Crippen LogP contribution in [-0.2, 0) is 11.2 Å². The summed E-state index contributed by atoms with van der Waals surface area (Å²) in [6, 6.07) is 18.1. The molecule has 0 amide bonds. The molecule has 2 radical (unpaired) electrons. The second-order valence-electron chi connectivity index (χ2n) is 8.76. The minimum atomic E-state index is -0.351. The molecule has 1 fully saturated rings. The van der Waals surface area contributed by atoms with Gasteiger partial charge in [0, 0.05) is 40.3 Å². The fraction of sp³-hybridized carbons (Fsp3) is 0.500. The van der Waals surface area contributed by atoms with E-state index in [0.29, 0.717) is 11.1 Å². The lowest BCUT2D eigenvalue weighted by Crippen LogP contribution is -2.36. The van der Waals surface area contributed by atoms with Gasteiger partial charge < -0.3 is 10.1 Å². The number of hydrogen-bond acceptors (Lipinski definition) is 4. The van der Waals surface area contributed by atoms with Crippen LogP contribution in [0.5, 0.6) is 0 Å². The molecular formula is C24H32N2O3Si. The second kappa shape index (κ2) is 10.3. The van der Waals surface area contributed by atoms with E-state index < -0.39 is 0 Å². The van der Waals surface area contributed by atoms with Gasteiger partial charge in [-0.25, -0.2) is 0 Å². The Kier molecular flexibility index (Phi) is 7.80. The van der Waals surface area contributed by atoms with Crippen molar-refractivity contribution in [2.45, 2.75) is 69.3 Å². The van der Waals surface area contributed by atoms with Crippen molar-refractivity contribution in [3.8, 4) is 0 Å². The molecule has 0 aliphatic carbocycles. The van der Waals surface area contributed by atoms with Gasteiger partial charge in [-0.1, -0.05) is 62.9 Å². The van der Waals surface area contributed by atoms with Crippen LogP contribution in [-0.4, -0.2) is 33.1 Å². The van der Waals surface area contributed by atoms with Crippen molar-refractivity contribution in [3.05, 3.63) is 75.8 Å². The van der Waals surface area contributed by atoms with Crippen molar-refractivity contribution >= 4 is 15.2 Å². The van der Waals surface area contributed by atoms with Gasteiger partial charge in [-0.3, -0.25) is 10.1 Å². The van der Waals surface area contributed by atoms with E-state index in [-0.39, 0.29) is 22.8 Å². The number of hydrogen-bond donors (Lipinski definition) is 1. The van der Waals surface area contributed by atoms with E-state index in [1.54, 1.807) is 12.1 Å². The van der Waals surface area contributed by atoms with Crippen LogP contribution in [0, 0.1) is 10.1 Å². The first-order chi connectivity index (χ1) is 14.4. The summed E-state index contributed by atoms with van der Waals surface area (Å²) in [4.78, 5) is 10.5. The second-order valence-corrected chi connectivity index (χ2v) is 10.6. The minimum Gasteiger partial charge on any atom is -0.372 e. The lowest BCUT2D eigenvalue weighted by molar-refractivity contribution is -0.384. The molecule has 0 saturated carbocycles. The Morgan fingerprint density at radius 2 is 1.87 bits per heavy atom. The fourth-order valence-electron chi connectivity index (χ4n) is 3.94. The molecule has 1 aliphatic rings. The highest BCUT2D eigenvalue weighted by atomic mass is 28.2. The SMILES string of the molecule is C[Si]C(C)(C)CCO[C@H](c1ccccc1)[C@H]1CC[C@H](Cc2ccc([N+](=O)[O-])cc2)N1. The van der Waals surface area contributed by atoms with Gasteiger partial charge in [0.15, 0.2) is 0 Å². The van der Waals surface area contributed by atoms with E-state index >= 15 is 0 Å². The third-order valence-electron chi connectivity index (χ3n) is 6.10. The van der Waals surface area contributed by atoms with Crippen LogP contribution in [0.2, 0.25) is 11.6 Å². The molecular weight excluding hydrogens is 392 g/mol. The highest BCUT2D eigenvalue weighted by Crippen LogP contribution is 2.32. The molecule has 1 aliphatic heterocycles. The highest BCUT2D eigenvalue weighted by Gasteiger charge is 2.32. The molecule has 2 aromatic rings. The zero-order valence-corrected chi connectivity index (χ0v) is 19.1. The molecule has 0 aromatic heterocycles. The minimum absolute atomic E-state index is 0.0454. The predicted molar refractivity (Wildman–Crippen MR) is 122 cm³/mol. The molecule has 6 heteroatoms. The van der Waals surface area contributed by atoms with Crippen LogP contribution in [0.4, 0.5) is 5.69 Å². The summed E-state index contributed by atoms with van der Waals surface area (Å²) in [7, 11) is 0.901. The first-order valence-electron chi connectivity index (χ1n) is 10.7. The lowest BCUT2D eigenvalue weighted by atomic mass is 10.00. The molecule has 0 spiro atoms. The van der Waals surface area contributed by atoms with Crippen LogP contribution in [0.3, 0.4) is 0 Å². The summed E-state index contributed by atoms with van der Waals surface area (Å²) in [6.45, 7) is 7.63. The number of rotatable bonds is 10. The number of nitro groups is 1. The van der Waals surface area contributed by atoms with Crippen LogP contribution >= 0.6 is 0 Å². The Bertz CT molecular complexity index is 811. The Balaban J connectivity index is 1.62. The van der Waals surface area contributed by atoms with Gasteiger partial charge in [-0.05, 0) is 41.8 Å². The molecule has 160 valence electrons. The molecule has 1 heterocycles. The molecule has 5 nitrogen and oxygen atoms in total. The van der Waals surface area contributed by atoms with Crippen LogP contribution in [0.15, 0.2) is 54.6 Å². The van der Waals surface area contributed by atoms with E-state index in [1.807, 2.05) is 18.2 Å². The van der Waals surface area contributed by atoms with Crippen LogP contribution in [0.1, 0.15) is 50.3 Å². The standard InChI is InChI=1S/C24H32N2O3Si/c1-24(2,30-3)15-16-29-23(19-7-5-4-6-8-19)22-14-11-20(25-22)17-18-9-12-21(13-10-18)26(27)28/h4-10,12-13,20,22-23,25H,11,14-17H2,1-3H3/t20-,22-,23-/m1/s1. The van der Waals surface area contributed by atoms with Crippen molar-refractivity contribution in [1.29, 1.82) is 0 Å². The summed E-state index contributed by atoms with van der Waals surface area (Å²) >= 11 is 0. The lowest BCUT2D eigenvalue weighted by Gasteiger charge is -2.28. The maximum Gasteiger partial charge on any atom is 0.269 e. The van der Waals surface area contributed by atoms with Gasteiger partial charge in [-0.2, -0.15) is 0 Å². The topological polar surface area (TPSA) is 64.4 Å². The van der Waals surface area contributed by atoms with Crippen molar-refractivity contribution in [3.63, 3.8) is 0 Å². The number of benzene rings is 2. The van der Waals surface area contributed by atoms with Gasteiger partial charge in [-0.15, -0.1) is 0 Å². The molecule has 2 aromatic carbocycles. The zero-order valence-electron chi connectivity index (χ0n) is 18.1. The van der Waals surface area contributed by atoms with Crippen molar-refractivity contribution < 1.29 is 9.66 Å². The third-order valence-corrected chi connectivity index (χ3v) is 7.70. The van der Waals surface area contributed by atoms with E-state index in [1.165, 1.54) is 5.56 Å². The van der Waals surface area contributed by atoms with Crippen LogP contribution in [0.25, 0.3) is 0 Å². The van der Waals surface area contributed by atoms with E-state index in [9.17, 15) is 10.1 Å². The fourth-order valence-corrected chi connectivity index (χ4v) is 4.29. The number of nitrogens with one attached hydrogen (secondary N) is 1. The van der Waals surface area contributed by atoms with Gasteiger partial charge in [0.1, 0.15) is 0 Å². The molecule has 1 N–H and O–H groups in total. The highest BCUT2D eigenvalue weighted by molar-refractivity contribution is 6.37. The van der Waals surface area contributed by atoms with E-state index in [2.05, 4.69) is 50.0 Å². The van der Waals surface area contributed by atoms with Crippen molar-refractivity contribution in [2.24, 2.45) is 0 Å². The Morgan fingerprint density at radius 3 is 2.50 bits per heavy atom. The Morgan fingerprint density at radius 1 is 1.17 bits per heavy atom. The van der Waals surface area contributed by atoms with Crippen molar-refractivity contribution in [2.75, 3.05) is 6.61 Å². The summed E-state index contributed by atoms with van der Waals surface area (Å²) in [5, 5.41) is 15.0. The molecule has 1 saturated heterocycles. The number of nitrogens with zero attached hydrogens (tertiary/aromatic N) is 1. The summed E-state index contributed by atoms with van der Waals surface area (Å²) in [5.74, 6) is 0. The first-order valence-corrected chi connectivity index (χ1v) is 12.2. The summed E-state index contributed by atoms with van der Waals surface area (Å²) < 4.78 is 6.46. The van der Waals surface area contributed by atoms with Gasteiger partial charge in [0.2, 0.25) is 0 Å². The maximum atomic E-state index is 10.9. The normalized spacial score (nSPS) is 20.2. The average molecular weight is 425 g/mol. The molecule has 30 heavy (non-hydrogen) atoms. The Hall–Kier alpha value is -2.02. The van der Waals surface area contributed by atoms with Gasteiger partial charge >= 0.3 is 0 Å². The first kappa shape index (κ1) is 22.7. The molecule has 0 unspecified atom stereocenters. The monoisotopic (exact) mass is 424 g/mol. The third kappa shape index (κ3) is 6.24. The zero-order chi connectivity index (χ0) is 21.6. The predicted octanol–water partition coefficient (Wildman–Crippen LogP) is 5.36. The molecule has 0 bridgehead atoms. The number of nitro benzene ring substituents is 1. The smallest absolute Gasteiger partial charge is 0.269 e. The maximum absolute atomic E-state index is 10.9. The van der Waals surface area contributed by atoms with Crippen molar-refractivity contribution in [1.82, 2.24) is 5.32 Å². The van der Waals surface area contributed by atoms with E-state index in [4.69, 9.17) is 4.74 Å². The Labute approximate surface area is 182 Å². The van der Waals surface area contributed by atoms with Gasteiger partial charge in [0.25, 0.3) is 5.69 Å². The summed E-state index contributed by atoms with van der Waals surface area (Å²) in [6.07, 6.45) is 4.13.